The van der Waals surface area contributed by atoms with E-state index in [0.29, 0.717) is 16.7 Å². The van der Waals surface area contributed by atoms with Crippen molar-refractivity contribution in [3.05, 3.63) is 101 Å². The third-order valence-electron chi connectivity index (χ3n) is 11.3. The highest BCUT2D eigenvalue weighted by Crippen LogP contribution is 2.67. The third kappa shape index (κ3) is 4.28. The van der Waals surface area contributed by atoms with E-state index >= 15 is 0 Å². The van der Waals surface area contributed by atoms with E-state index in [2.05, 4.69) is 99.7 Å². The maximum Gasteiger partial charge on any atom is 0.0577 e. The number of aliphatic hydroxyl groups excluding tert-OH is 1. The zero-order valence-corrected chi connectivity index (χ0v) is 23.0. The van der Waals surface area contributed by atoms with Crippen LogP contribution >= 0.6 is 0 Å². The summed E-state index contributed by atoms with van der Waals surface area (Å²) < 4.78 is 0. The van der Waals surface area contributed by atoms with Gasteiger partial charge in [0.2, 0.25) is 0 Å². The van der Waals surface area contributed by atoms with E-state index in [0.717, 1.165) is 30.6 Å². The fraction of sp³-hybridized carbons (Fsp3) is 0.500. The number of fused-ring (bicyclic) bond motifs is 5. The number of allylic oxidation sites excluding steroid dienone is 4. The molecule has 0 bridgehead atoms. The van der Waals surface area contributed by atoms with Crippen LogP contribution in [0.2, 0.25) is 0 Å². The predicted octanol–water partition coefficient (Wildman–Crippen LogP) is 9.00. The molecule has 0 saturated heterocycles. The first-order valence-corrected chi connectivity index (χ1v) is 14.8. The smallest absolute Gasteiger partial charge is 0.0577 e. The summed E-state index contributed by atoms with van der Waals surface area (Å²) >= 11 is 0. The third-order valence-corrected chi connectivity index (χ3v) is 11.3. The Bertz CT molecular complexity index is 1160. The van der Waals surface area contributed by atoms with E-state index < -0.39 is 0 Å². The van der Waals surface area contributed by atoms with Crippen molar-refractivity contribution in [1.82, 2.24) is 0 Å². The van der Waals surface area contributed by atoms with Crippen molar-refractivity contribution in [3.63, 3.8) is 0 Å². The van der Waals surface area contributed by atoms with Gasteiger partial charge in [-0.25, -0.2) is 0 Å². The maximum absolute atomic E-state index is 10.3. The van der Waals surface area contributed by atoms with Crippen LogP contribution in [0.5, 0.6) is 0 Å². The van der Waals surface area contributed by atoms with Crippen molar-refractivity contribution in [2.24, 2.45) is 34.5 Å². The molecular formula is C36H44O. The van der Waals surface area contributed by atoms with Crippen molar-refractivity contribution in [2.75, 3.05) is 0 Å². The van der Waals surface area contributed by atoms with Gasteiger partial charge in [-0.15, -0.1) is 0 Å². The van der Waals surface area contributed by atoms with Crippen LogP contribution in [0.4, 0.5) is 0 Å². The van der Waals surface area contributed by atoms with Crippen molar-refractivity contribution in [2.45, 2.75) is 78.2 Å². The Morgan fingerprint density at radius 2 is 1.49 bits per heavy atom. The van der Waals surface area contributed by atoms with Crippen LogP contribution in [0.25, 0.3) is 5.57 Å². The molecule has 0 unspecified atom stereocenters. The van der Waals surface area contributed by atoms with Gasteiger partial charge in [0.05, 0.1) is 6.10 Å². The molecule has 37 heavy (non-hydrogen) atoms. The molecule has 4 aliphatic rings. The lowest BCUT2D eigenvalue weighted by molar-refractivity contribution is -0.0454. The first-order valence-electron chi connectivity index (χ1n) is 14.8. The highest BCUT2D eigenvalue weighted by molar-refractivity contribution is 5.80. The number of hydrogen-bond acceptors (Lipinski definition) is 1. The van der Waals surface area contributed by atoms with Gasteiger partial charge in [-0.05, 0) is 109 Å². The number of benzene rings is 2. The van der Waals surface area contributed by atoms with Crippen LogP contribution in [0.1, 0.15) is 83.3 Å². The molecule has 3 saturated carbocycles. The molecule has 4 aliphatic carbocycles. The van der Waals surface area contributed by atoms with E-state index in [9.17, 15) is 5.11 Å². The summed E-state index contributed by atoms with van der Waals surface area (Å²) in [5.74, 6) is 3.13. The van der Waals surface area contributed by atoms with Gasteiger partial charge in [0, 0.05) is 0 Å². The fourth-order valence-electron chi connectivity index (χ4n) is 9.32. The summed E-state index contributed by atoms with van der Waals surface area (Å²) in [6.45, 7) is 7.58. The first kappa shape index (κ1) is 24.9. The maximum atomic E-state index is 10.3. The average Bonchev–Trinajstić information content (AvgIpc) is 3.28. The van der Waals surface area contributed by atoms with Crippen LogP contribution in [0.3, 0.4) is 0 Å². The van der Waals surface area contributed by atoms with Gasteiger partial charge in [-0.1, -0.05) is 104 Å². The Hall–Kier alpha value is -2.38. The second-order valence-corrected chi connectivity index (χ2v) is 13.1. The predicted molar refractivity (Wildman–Crippen MR) is 155 cm³/mol. The summed E-state index contributed by atoms with van der Waals surface area (Å²) in [7, 11) is 0. The molecule has 7 atom stereocenters. The van der Waals surface area contributed by atoms with E-state index in [1.54, 1.807) is 11.1 Å². The van der Waals surface area contributed by atoms with Crippen LogP contribution in [-0.4, -0.2) is 11.2 Å². The highest BCUT2D eigenvalue weighted by atomic mass is 16.3. The molecule has 0 radical (unpaired) electrons. The molecule has 0 spiro atoms. The zero-order valence-electron chi connectivity index (χ0n) is 23.0. The second-order valence-electron chi connectivity index (χ2n) is 13.1. The summed E-state index contributed by atoms with van der Waals surface area (Å²) in [6, 6.07) is 21.7. The molecule has 1 heteroatoms. The van der Waals surface area contributed by atoms with Crippen molar-refractivity contribution >= 4 is 5.57 Å². The van der Waals surface area contributed by atoms with Gasteiger partial charge in [-0.3, -0.25) is 0 Å². The molecule has 1 N–H and O–H groups in total. The Morgan fingerprint density at radius 3 is 2.16 bits per heavy atom. The molecule has 3 fully saturated rings. The lowest BCUT2D eigenvalue weighted by atomic mass is 9.47. The number of rotatable bonds is 4. The average molecular weight is 493 g/mol. The van der Waals surface area contributed by atoms with Gasteiger partial charge < -0.3 is 5.11 Å². The Labute approximate surface area is 224 Å². The molecule has 2 aromatic rings. The SMILES string of the molecule is C/C(=C/C=C(c1ccccc1)c1ccccc1)[C@@H]1CC[C@@H]2[C@@H]3CC=C4C[C@@H](O)CC[C@]4(C)[C@H]3CC[C@@]21C. The summed E-state index contributed by atoms with van der Waals surface area (Å²) in [4.78, 5) is 0. The van der Waals surface area contributed by atoms with Crippen molar-refractivity contribution < 1.29 is 5.11 Å². The van der Waals surface area contributed by atoms with Crippen molar-refractivity contribution in [1.29, 1.82) is 0 Å². The van der Waals surface area contributed by atoms with Gasteiger partial charge in [0.1, 0.15) is 0 Å². The van der Waals surface area contributed by atoms with Gasteiger partial charge in [0.25, 0.3) is 0 Å². The topological polar surface area (TPSA) is 20.2 Å². The van der Waals surface area contributed by atoms with Crippen LogP contribution in [0.15, 0.2) is 90.0 Å². The lowest BCUT2D eigenvalue weighted by Crippen LogP contribution is -2.50. The minimum absolute atomic E-state index is 0.113. The normalized spacial score (nSPS) is 37.1. The fourth-order valence-corrected chi connectivity index (χ4v) is 9.32. The highest BCUT2D eigenvalue weighted by Gasteiger charge is 2.58. The Kier molecular flexibility index (Phi) is 6.56. The zero-order chi connectivity index (χ0) is 25.6. The van der Waals surface area contributed by atoms with Gasteiger partial charge in [-0.2, -0.15) is 0 Å². The summed E-state index contributed by atoms with van der Waals surface area (Å²) in [5, 5.41) is 10.3. The van der Waals surface area contributed by atoms with E-state index in [1.165, 1.54) is 55.2 Å². The first-order chi connectivity index (χ1) is 17.9. The largest absolute Gasteiger partial charge is 0.393 e. The van der Waals surface area contributed by atoms with Gasteiger partial charge in [0.15, 0.2) is 0 Å². The van der Waals surface area contributed by atoms with Crippen LogP contribution in [-0.2, 0) is 0 Å². The van der Waals surface area contributed by atoms with E-state index in [1.807, 2.05) is 0 Å². The number of aliphatic hydroxyl groups is 1. The molecule has 0 amide bonds. The quantitative estimate of drug-likeness (QED) is 0.333. The molecule has 6 rings (SSSR count). The lowest BCUT2D eigenvalue weighted by Gasteiger charge is -2.58. The Morgan fingerprint density at radius 1 is 0.811 bits per heavy atom. The van der Waals surface area contributed by atoms with Crippen LogP contribution < -0.4 is 0 Å². The molecule has 1 nitrogen and oxygen atoms in total. The Balaban J connectivity index is 1.28. The summed E-state index contributed by atoms with van der Waals surface area (Å²) in [5.41, 5.74) is 7.75. The van der Waals surface area contributed by atoms with E-state index in [-0.39, 0.29) is 6.10 Å². The minimum atomic E-state index is -0.113. The minimum Gasteiger partial charge on any atom is -0.393 e. The molecule has 0 heterocycles. The summed E-state index contributed by atoms with van der Waals surface area (Å²) in [6.07, 6.45) is 17.0. The number of hydrogen-bond donors (Lipinski definition) is 1. The van der Waals surface area contributed by atoms with Crippen molar-refractivity contribution in [3.8, 4) is 0 Å². The molecule has 0 aliphatic heterocycles. The standard InChI is InChI=1S/C36H44O/c1-25(14-16-30(26-10-6-4-7-11-26)27-12-8-5-9-13-27)32-18-19-33-31-17-15-28-24-29(37)20-22-35(28,2)34(31)21-23-36(32,33)3/h4-16,29,31-34,37H,17-24H2,1-3H3/b25-14-/t29-,31-,32-,33+,34-,35-,36+/m0/s1. The van der Waals surface area contributed by atoms with Crippen LogP contribution in [0, 0.1) is 34.5 Å². The van der Waals surface area contributed by atoms with E-state index in [4.69, 9.17) is 0 Å². The molecule has 2 aromatic carbocycles. The molecule has 194 valence electrons. The van der Waals surface area contributed by atoms with Gasteiger partial charge >= 0.3 is 0 Å². The molecular weight excluding hydrogens is 448 g/mol. The monoisotopic (exact) mass is 492 g/mol. The molecule has 0 aromatic heterocycles. The second kappa shape index (κ2) is 9.73.